The van der Waals surface area contributed by atoms with Crippen LogP contribution in [0, 0.1) is 6.92 Å². The number of benzene rings is 2. The summed E-state index contributed by atoms with van der Waals surface area (Å²) < 4.78 is 5.55. The van der Waals surface area contributed by atoms with Crippen LogP contribution in [0.5, 0.6) is 0 Å². The van der Waals surface area contributed by atoms with Crippen LogP contribution in [0.25, 0.3) is 0 Å². The van der Waals surface area contributed by atoms with E-state index in [0.717, 1.165) is 57.6 Å². The Morgan fingerprint density at radius 1 is 0.971 bits per heavy atom. The van der Waals surface area contributed by atoms with Gasteiger partial charge in [0.1, 0.15) is 0 Å². The molecule has 1 N–H and O–H groups in total. The van der Waals surface area contributed by atoms with Crippen LogP contribution in [0.15, 0.2) is 42.5 Å². The van der Waals surface area contributed by atoms with Crippen LogP contribution in [-0.2, 0) is 4.74 Å². The average molecular weight is 462 g/mol. The lowest BCUT2D eigenvalue weighted by Crippen LogP contribution is -2.59. The number of aryl methyl sites for hydroxylation is 1. The molecule has 0 bridgehead atoms. The molecule has 7 heteroatoms. The summed E-state index contributed by atoms with van der Waals surface area (Å²) in [6.07, 6.45) is 5.69. The lowest BCUT2D eigenvalue weighted by atomic mass is 9.79. The van der Waals surface area contributed by atoms with Gasteiger partial charge in [0.05, 0.1) is 30.0 Å². The van der Waals surface area contributed by atoms with Gasteiger partial charge in [0.15, 0.2) is 0 Å². The fraction of sp³-hybridized carbons (Fsp3) is 0.444. The standard InChI is InChI=1S/C27H31N3O4/c1-19-7-3-4-8-23(19)30-25(32)21-10-9-20(17-22(21)26(30)33)24(31)28-18-27(11-5-2-6-12-27)29-13-15-34-16-14-29/h3-4,7-10,17H,2,5-6,11-16,18H2,1H3,(H,28,31). The molecule has 2 aliphatic heterocycles. The van der Waals surface area contributed by atoms with E-state index in [-0.39, 0.29) is 28.8 Å². The smallest absolute Gasteiger partial charge is 0.266 e. The summed E-state index contributed by atoms with van der Waals surface area (Å²) in [7, 11) is 0. The molecule has 1 saturated heterocycles. The zero-order valence-corrected chi connectivity index (χ0v) is 19.6. The number of para-hydroxylation sites is 1. The van der Waals surface area contributed by atoms with E-state index in [4.69, 9.17) is 4.74 Å². The number of fused-ring (bicyclic) bond motifs is 1. The quantitative estimate of drug-likeness (QED) is 0.689. The summed E-state index contributed by atoms with van der Waals surface area (Å²) >= 11 is 0. The third-order valence-electron chi connectivity index (χ3n) is 7.55. The van der Waals surface area contributed by atoms with Crippen LogP contribution in [-0.4, -0.2) is 61.0 Å². The van der Waals surface area contributed by atoms with Gasteiger partial charge in [-0.1, -0.05) is 37.5 Å². The van der Waals surface area contributed by atoms with E-state index in [2.05, 4.69) is 10.2 Å². The molecule has 3 aliphatic rings. The van der Waals surface area contributed by atoms with E-state index in [9.17, 15) is 14.4 Å². The summed E-state index contributed by atoms with van der Waals surface area (Å²) in [6, 6.07) is 12.1. The van der Waals surface area contributed by atoms with Crippen molar-refractivity contribution in [2.45, 2.75) is 44.6 Å². The van der Waals surface area contributed by atoms with Crippen molar-refractivity contribution in [1.82, 2.24) is 10.2 Å². The van der Waals surface area contributed by atoms with Crippen LogP contribution in [0.4, 0.5) is 5.69 Å². The minimum atomic E-state index is -0.388. The molecule has 1 saturated carbocycles. The highest BCUT2D eigenvalue weighted by Gasteiger charge is 2.40. The number of carbonyl (C=O) groups is 3. The van der Waals surface area contributed by atoms with Crippen molar-refractivity contribution in [3.05, 3.63) is 64.7 Å². The molecular formula is C27H31N3O4. The zero-order chi connectivity index (χ0) is 23.7. The number of nitrogens with one attached hydrogen (secondary N) is 1. The third kappa shape index (κ3) is 4.03. The SMILES string of the molecule is Cc1ccccc1N1C(=O)c2ccc(C(=O)NCC3(N4CCOCC4)CCCCC3)cc2C1=O. The Balaban J connectivity index is 1.34. The molecule has 0 aromatic heterocycles. The fourth-order valence-corrected chi connectivity index (χ4v) is 5.61. The molecule has 7 nitrogen and oxygen atoms in total. The summed E-state index contributed by atoms with van der Waals surface area (Å²) in [5, 5.41) is 3.14. The minimum Gasteiger partial charge on any atom is -0.379 e. The van der Waals surface area contributed by atoms with Crippen molar-refractivity contribution < 1.29 is 19.1 Å². The Morgan fingerprint density at radius 3 is 2.41 bits per heavy atom. The number of morpholine rings is 1. The van der Waals surface area contributed by atoms with Gasteiger partial charge in [-0.05, 0) is 49.6 Å². The molecule has 2 fully saturated rings. The molecule has 0 unspecified atom stereocenters. The van der Waals surface area contributed by atoms with Gasteiger partial charge in [0, 0.05) is 30.7 Å². The monoisotopic (exact) mass is 461 g/mol. The summed E-state index contributed by atoms with van der Waals surface area (Å²) in [5.41, 5.74) is 2.39. The fourth-order valence-electron chi connectivity index (χ4n) is 5.61. The number of nitrogens with zero attached hydrogens (tertiary/aromatic N) is 2. The van der Waals surface area contributed by atoms with Crippen molar-refractivity contribution in [1.29, 1.82) is 0 Å². The molecule has 2 aromatic carbocycles. The highest BCUT2D eigenvalue weighted by Crippen LogP contribution is 2.34. The van der Waals surface area contributed by atoms with Crippen molar-refractivity contribution in [2.24, 2.45) is 0 Å². The first-order valence-electron chi connectivity index (χ1n) is 12.2. The Kier molecular flexibility index (Phi) is 6.23. The Labute approximate surface area is 200 Å². The van der Waals surface area contributed by atoms with Crippen molar-refractivity contribution >= 4 is 23.4 Å². The molecular weight excluding hydrogens is 430 g/mol. The number of hydrogen-bond donors (Lipinski definition) is 1. The number of hydrogen-bond acceptors (Lipinski definition) is 5. The molecule has 0 atom stereocenters. The van der Waals surface area contributed by atoms with Gasteiger partial charge in [-0.3, -0.25) is 19.3 Å². The zero-order valence-electron chi connectivity index (χ0n) is 19.6. The van der Waals surface area contributed by atoms with Crippen molar-refractivity contribution in [3.8, 4) is 0 Å². The van der Waals surface area contributed by atoms with Crippen molar-refractivity contribution in [2.75, 3.05) is 37.7 Å². The van der Waals surface area contributed by atoms with Crippen LogP contribution in [0.2, 0.25) is 0 Å². The minimum absolute atomic E-state index is 0.0398. The topological polar surface area (TPSA) is 79.0 Å². The van der Waals surface area contributed by atoms with Crippen LogP contribution < -0.4 is 10.2 Å². The molecule has 5 rings (SSSR count). The maximum Gasteiger partial charge on any atom is 0.266 e. The third-order valence-corrected chi connectivity index (χ3v) is 7.55. The van der Waals surface area contributed by atoms with E-state index in [0.29, 0.717) is 23.4 Å². The van der Waals surface area contributed by atoms with E-state index < -0.39 is 0 Å². The lowest BCUT2D eigenvalue weighted by Gasteiger charge is -2.48. The van der Waals surface area contributed by atoms with Crippen LogP contribution in [0.3, 0.4) is 0 Å². The largest absolute Gasteiger partial charge is 0.379 e. The molecule has 0 spiro atoms. The first-order valence-corrected chi connectivity index (χ1v) is 12.2. The summed E-state index contributed by atoms with van der Waals surface area (Å²) in [4.78, 5) is 43.0. The summed E-state index contributed by atoms with van der Waals surface area (Å²) in [5.74, 6) is -0.952. The van der Waals surface area contributed by atoms with Crippen LogP contribution >= 0.6 is 0 Å². The van der Waals surface area contributed by atoms with E-state index in [1.165, 1.54) is 11.3 Å². The van der Waals surface area contributed by atoms with Gasteiger partial charge in [-0.15, -0.1) is 0 Å². The first-order chi connectivity index (χ1) is 16.5. The highest BCUT2D eigenvalue weighted by atomic mass is 16.5. The second-order valence-corrected chi connectivity index (χ2v) is 9.56. The van der Waals surface area contributed by atoms with E-state index in [1.807, 2.05) is 19.1 Å². The number of imide groups is 1. The molecule has 178 valence electrons. The lowest BCUT2D eigenvalue weighted by molar-refractivity contribution is -0.0361. The van der Waals surface area contributed by atoms with Gasteiger partial charge in [-0.25, -0.2) is 4.90 Å². The normalized spacial score (nSPS) is 20.3. The van der Waals surface area contributed by atoms with Crippen LogP contribution in [0.1, 0.15) is 68.7 Å². The van der Waals surface area contributed by atoms with Gasteiger partial charge in [0.2, 0.25) is 0 Å². The second kappa shape index (κ2) is 9.31. The number of carbonyl (C=O) groups excluding carboxylic acids is 3. The average Bonchev–Trinajstić information content (AvgIpc) is 3.13. The Morgan fingerprint density at radius 2 is 1.68 bits per heavy atom. The maximum absolute atomic E-state index is 13.2. The Hall–Kier alpha value is -3.03. The first kappa shape index (κ1) is 22.7. The molecule has 2 heterocycles. The Bertz CT molecular complexity index is 1120. The molecule has 1 aliphatic carbocycles. The summed E-state index contributed by atoms with van der Waals surface area (Å²) in [6.45, 7) is 5.68. The van der Waals surface area contributed by atoms with Gasteiger partial charge < -0.3 is 10.1 Å². The van der Waals surface area contributed by atoms with Gasteiger partial charge in [0.25, 0.3) is 17.7 Å². The highest BCUT2D eigenvalue weighted by molar-refractivity contribution is 6.35. The van der Waals surface area contributed by atoms with E-state index >= 15 is 0 Å². The van der Waals surface area contributed by atoms with Crippen molar-refractivity contribution in [3.63, 3.8) is 0 Å². The molecule has 3 amide bonds. The molecule has 34 heavy (non-hydrogen) atoms. The number of amides is 3. The van der Waals surface area contributed by atoms with E-state index in [1.54, 1.807) is 30.3 Å². The van der Waals surface area contributed by atoms with Gasteiger partial charge >= 0.3 is 0 Å². The number of anilines is 1. The second-order valence-electron chi connectivity index (χ2n) is 9.56. The maximum atomic E-state index is 13.2. The molecule has 0 radical (unpaired) electrons. The predicted octanol–water partition coefficient (Wildman–Crippen LogP) is 3.56. The predicted molar refractivity (Wildman–Crippen MR) is 129 cm³/mol. The van der Waals surface area contributed by atoms with Gasteiger partial charge in [-0.2, -0.15) is 0 Å². The number of ether oxygens (including phenoxy) is 1. The molecule has 2 aromatic rings. The number of rotatable bonds is 5.